The second-order valence-electron chi connectivity index (χ2n) is 5.83. The van der Waals surface area contributed by atoms with E-state index in [1.807, 2.05) is 13.8 Å². The summed E-state index contributed by atoms with van der Waals surface area (Å²) < 4.78 is 11.4. The molecule has 5 heteroatoms. The fourth-order valence-electron chi connectivity index (χ4n) is 2.82. The topological polar surface area (TPSA) is 68.4 Å². The molecule has 1 fully saturated rings. The number of nitrogens with zero attached hydrogens (tertiary/aromatic N) is 2. The van der Waals surface area contributed by atoms with E-state index in [1.165, 1.54) is 12.8 Å². The van der Waals surface area contributed by atoms with E-state index in [2.05, 4.69) is 10.1 Å². The molecule has 1 saturated carbocycles. The molecule has 20 heavy (non-hydrogen) atoms. The van der Waals surface area contributed by atoms with Gasteiger partial charge in [-0.2, -0.15) is 4.98 Å². The van der Waals surface area contributed by atoms with Crippen LogP contribution < -0.4 is 0 Å². The zero-order valence-corrected chi connectivity index (χ0v) is 12.8. The summed E-state index contributed by atoms with van der Waals surface area (Å²) in [4.78, 5) is 4.52. The van der Waals surface area contributed by atoms with Crippen LogP contribution in [0.2, 0.25) is 0 Å². The Morgan fingerprint density at radius 3 is 2.45 bits per heavy atom. The third-order valence-electron chi connectivity index (χ3n) is 4.29. The zero-order chi connectivity index (χ0) is 14.6. The van der Waals surface area contributed by atoms with Gasteiger partial charge in [-0.05, 0) is 26.7 Å². The number of hydrogen-bond acceptors (Lipinski definition) is 5. The van der Waals surface area contributed by atoms with Crippen LogP contribution in [0.25, 0.3) is 0 Å². The minimum Gasteiger partial charge on any atom is -0.393 e. The summed E-state index contributed by atoms with van der Waals surface area (Å²) in [5, 5.41) is 13.8. The highest BCUT2D eigenvalue weighted by molar-refractivity contribution is 5.05. The van der Waals surface area contributed by atoms with Crippen molar-refractivity contribution in [2.75, 3.05) is 6.61 Å². The molecule has 0 amide bonds. The van der Waals surface area contributed by atoms with Gasteiger partial charge in [-0.25, -0.2) is 0 Å². The van der Waals surface area contributed by atoms with Crippen molar-refractivity contribution in [2.45, 2.75) is 76.9 Å². The molecule has 2 rings (SSSR count). The molecular weight excluding hydrogens is 256 g/mol. The van der Waals surface area contributed by atoms with Gasteiger partial charge in [0.15, 0.2) is 0 Å². The Labute approximate surface area is 120 Å². The second kappa shape index (κ2) is 6.68. The minimum absolute atomic E-state index is 0.152. The van der Waals surface area contributed by atoms with Gasteiger partial charge in [0, 0.05) is 6.61 Å². The zero-order valence-electron chi connectivity index (χ0n) is 12.8. The van der Waals surface area contributed by atoms with Gasteiger partial charge in [0.1, 0.15) is 5.60 Å². The maximum atomic E-state index is 9.65. The van der Waals surface area contributed by atoms with Gasteiger partial charge in [0.05, 0.1) is 12.0 Å². The van der Waals surface area contributed by atoms with Crippen molar-refractivity contribution in [3.05, 3.63) is 11.7 Å². The molecule has 1 heterocycles. The first-order valence-corrected chi connectivity index (χ1v) is 7.75. The van der Waals surface area contributed by atoms with Crippen LogP contribution in [0.1, 0.15) is 76.9 Å². The van der Waals surface area contributed by atoms with Crippen LogP contribution in [0.3, 0.4) is 0 Å². The number of hydrogen-bond donors (Lipinski definition) is 1. The van der Waals surface area contributed by atoms with Crippen LogP contribution in [0.15, 0.2) is 4.52 Å². The quantitative estimate of drug-likeness (QED) is 0.840. The van der Waals surface area contributed by atoms with Gasteiger partial charge in [-0.15, -0.1) is 0 Å². The largest absolute Gasteiger partial charge is 0.393 e. The normalized spacial score (nSPS) is 22.2. The van der Waals surface area contributed by atoms with Gasteiger partial charge in [0.25, 0.3) is 0 Å². The van der Waals surface area contributed by atoms with Crippen LogP contribution in [0, 0.1) is 0 Å². The molecule has 0 aliphatic heterocycles. The molecule has 114 valence electrons. The molecular formula is C15H26N2O3. The number of aliphatic hydroxyl groups excluding tert-OH is 1. The number of ether oxygens (including phenoxy) is 1. The molecule has 1 aliphatic rings. The fraction of sp³-hybridized carbons (Fsp3) is 0.867. The minimum atomic E-state index is -0.500. The third-order valence-corrected chi connectivity index (χ3v) is 4.29. The number of aromatic nitrogens is 2. The lowest BCUT2D eigenvalue weighted by Gasteiger charge is -2.29. The summed E-state index contributed by atoms with van der Waals surface area (Å²) in [7, 11) is 0. The third kappa shape index (κ3) is 3.20. The van der Waals surface area contributed by atoms with Crippen molar-refractivity contribution >= 4 is 0 Å². The predicted octanol–water partition coefficient (Wildman–Crippen LogP) is 3.14. The lowest BCUT2D eigenvalue weighted by Crippen LogP contribution is -2.31. The maximum Gasteiger partial charge on any atom is 0.232 e. The lowest BCUT2D eigenvalue weighted by atomic mass is 9.93. The van der Waals surface area contributed by atoms with Crippen molar-refractivity contribution < 1.29 is 14.4 Å². The second-order valence-corrected chi connectivity index (χ2v) is 5.83. The molecule has 1 aromatic heterocycles. The molecule has 2 atom stereocenters. The van der Waals surface area contributed by atoms with Crippen LogP contribution in [-0.4, -0.2) is 28.0 Å². The Balaban J connectivity index is 2.25. The smallest absolute Gasteiger partial charge is 0.232 e. The average molecular weight is 282 g/mol. The molecule has 1 aliphatic carbocycles. The van der Waals surface area contributed by atoms with Crippen LogP contribution in [0.4, 0.5) is 0 Å². The summed E-state index contributed by atoms with van der Waals surface area (Å²) in [6.45, 7) is 6.28. The van der Waals surface area contributed by atoms with Gasteiger partial charge >= 0.3 is 0 Å². The van der Waals surface area contributed by atoms with E-state index in [-0.39, 0.29) is 5.92 Å². The van der Waals surface area contributed by atoms with Crippen molar-refractivity contribution in [3.8, 4) is 0 Å². The molecule has 1 aromatic rings. The summed E-state index contributed by atoms with van der Waals surface area (Å²) in [6, 6.07) is 0. The van der Waals surface area contributed by atoms with Gasteiger partial charge < -0.3 is 14.4 Å². The van der Waals surface area contributed by atoms with E-state index in [0.717, 1.165) is 25.7 Å². The van der Waals surface area contributed by atoms with Crippen molar-refractivity contribution in [2.24, 2.45) is 0 Å². The van der Waals surface area contributed by atoms with E-state index in [1.54, 1.807) is 6.92 Å². The first-order valence-electron chi connectivity index (χ1n) is 7.75. The van der Waals surface area contributed by atoms with Crippen LogP contribution in [-0.2, 0) is 10.3 Å². The van der Waals surface area contributed by atoms with Crippen molar-refractivity contribution in [3.63, 3.8) is 0 Å². The van der Waals surface area contributed by atoms with Crippen LogP contribution >= 0.6 is 0 Å². The Morgan fingerprint density at radius 2 is 1.90 bits per heavy atom. The highest BCUT2D eigenvalue weighted by Gasteiger charge is 2.38. The summed E-state index contributed by atoms with van der Waals surface area (Å²) in [5.41, 5.74) is -0.397. The highest BCUT2D eigenvalue weighted by Crippen LogP contribution is 2.38. The van der Waals surface area contributed by atoms with Crippen LogP contribution in [0.5, 0.6) is 0 Å². The highest BCUT2D eigenvalue weighted by atomic mass is 16.5. The number of aliphatic hydroxyl groups is 1. The summed E-state index contributed by atoms with van der Waals surface area (Å²) >= 11 is 0. The first kappa shape index (κ1) is 15.4. The molecule has 1 N–H and O–H groups in total. The van der Waals surface area contributed by atoms with E-state index < -0.39 is 11.7 Å². The molecule has 5 nitrogen and oxygen atoms in total. The van der Waals surface area contributed by atoms with Crippen molar-refractivity contribution in [1.82, 2.24) is 10.1 Å². The standard InChI is InChI=1S/C15H26N2O3/c1-4-19-15(9-7-5-6-8-10-15)14-16-13(20-17-14)11(2)12(3)18/h11-12,18H,4-10H2,1-3H3. The Kier molecular flexibility index (Phi) is 5.16. The molecule has 0 saturated heterocycles. The summed E-state index contributed by atoms with van der Waals surface area (Å²) in [6.07, 6.45) is 6.14. The first-order chi connectivity index (χ1) is 9.59. The van der Waals surface area contributed by atoms with Gasteiger partial charge in [-0.1, -0.05) is 37.8 Å². The SMILES string of the molecule is CCOC1(c2noc(C(C)C(C)O)n2)CCCCCC1. The van der Waals surface area contributed by atoms with E-state index in [0.29, 0.717) is 18.3 Å². The average Bonchev–Trinajstić information content (AvgIpc) is 2.80. The lowest BCUT2D eigenvalue weighted by molar-refractivity contribution is -0.0636. The van der Waals surface area contributed by atoms with Crippen molar-refractivity contribution in [1.29, 1.82) is 0 Å². The number of rotatable bonds is 5. The maximum absolute atomic E-state index is 9.65. The fourth-order valence-corrected chi connectivity index (χ4v) is 2.82. The predicted molar refractivity (Wildman–Crippen MR) is 75.4 cm³/mol. The molecule has 2 unspecified atom stereocenters. The summed E-state index contributed by atoms with van der Waals surface area (Å²) in [5.74, 6) is 1.00. The molecule has 0 radical (unpaired) electrons. The van der Waals surface area contributed by atoms with E-state index >= 15 is 0 Å². The van der Waals surface area contributed by atoms with E-state index in [9.17, 15) is 5.11 Å². The Bertz CT molecular complexity index is 409. The van der Waals surface area contributed by atoms with E-state index in [4.69, 9.17) is 9.26 Å². The van der Waals surface area contributed by atoms with Gasteiger partial charge in [-0.3, -0.25) is 0 Å². The molecule has 0 aromatic carbocycles. The Hall–Kier alpha value is -0.940. The van der Waals surface area contributed by atoms with Gasteiger partial charge in [0.2, 0.25) is 11.7 Å². The molecule has 0 bridgehead atoms. The monoisotopic (exact) mass is 282 g/mol. The molecule has 0 spiro atoms. The Morgan fingerprint density at radius 1 is 1.25 bits per heavy atom.